The zero-order valence-corrected chi connectivity index (χ0v) is 17.7. The van der Waals surface area contributed by atoms with Crippen molar-refractivity contribution in [3.8, 4) is 0 Å². The van der Waals surface area contributed by atoms with E-state index in [1.54, 1.807) is 30.5 Å². The van der Waals surface area contributed by atoms with Gasteiger partial charge in [0.15, 0.2) is 11.6 Å². The lowest BCUT2D eigenvalue weighted by molar-refractivity contribution is 0.383. The Morgan fingerprint density at radius 1 is 0.900 bits per heavy atom. The Kier molecular flexibility index (Phi) is 6.12. The van der Waals surface area contributed by atoms with Crippen molar-refractivity contribution in [1.82, 2.24) is 19.5 Å². The van der Waals surface area contributed by atoms with E-state index in [1.165, 1.54) is 4.31 Å². The van der Waals surface area contributed by atoms with Gasteiger partial charge in [0.2, 0.25) is 10.0 Å². The number of hydrogen-bond acceptors (Lipinski definition) is 7. The van der Waals surface area contributed by atoms with Crippen molar-refractivity contribution in [3.63, 3.8) is 0 Å². The number of aromatic nitrogens is 3. The SMILES string of the molecule is O=S(=O)(Cc1ccc(Cl)cc1)N1CCN(c2ccc(Nc3ccccn3)nn2)CC1. The molecular formula is C20H21ClN6O2S. The Morgan fingerprint density at radius 2 is 1.67 bits per heavy atom. The van der Waals surface area contributed by atoms with Gasteiger partial charge in [-0.25, -0.2) is 13.4 Å². The molecule has 0 amide bonds. The highest BCUT2D eigenvalue weighted by Gasteiger charge is 2.27. The van der Waals surface area contributed by atoms with Crippen LogP contribution < -0.4 is 10.2 Å². The molecule has 30 heavy (non-hydrogen) atoms. The Bertz CT molecular complexity index is 1070. The van der Waals surface area contributed by atoms with Gasteiger partial charge in [-0.1, -0.05) is 29.8 Å². The fourth-order valence-electron chi connectivity index (χ4n) is 3.21. The lowest BCUT2D eigenvalue weighted by Crippen LogP contribution is -2.49. The van der Waals surface area contributed by atoms with Crippen LogP contribution in [0.5, 0.6) is 0 Å². The summed E-state index contributed by atoms with van der Waals surface area (Å²) < 4.78 is 27.0. The minimum Gasteiger partial charge on any atom is -0.352 e. The van der Waals surface area contributed by atoms with Gasteiger partial charge in [0.1, 0.15) is 5.82 Å². The number of piperazine rings is 1. The molecule has 3 aromatic rings. The third-order valence-corrected chi connectivity index (χ3v) is 6.89. The molecule has 1 aliphatic heterocycles. The summed E-state index contributed by atoms with van der Waals surface area (Å²) in [5.74, 6) is 1.98. The number of nitrogens with one attached hydrogen (secondary N) is 1. The first-order chi connectivity index (χ1) is 14.5. The highest BCUT2D eigenvalue weighted by molar-refractivity contribution is 7.88. The van der Waals surface area contributed by atoms with Crippen molar-refractivity contribution in [3.05, 3.63) is 71.4 Å². The maximum atomic E-state index is 12.7. The van der Waals surface area contributed by atoms with Gasteiger partial charge in [0.25, 0.3) is 0 Å². The van der Waals surface area contributed by atoms with E-state index < -0.39 is 10.0 Å². The molecule has 4 rings (SSSR count). The number of anilines is 3. The number of halogens is 1. The first kappa shape index (κ1) is 20.5. The summed E-state index contributed by atoms with van der Waals surface area (Å²) in [7, 11) is -3.39. The standard InChI is InChI=1S/C20H21ClN6O2S/c21-17-6-4-16(5-7-17)15-30(28,29)27-13-11-26(12-14-27)20-9-8-19(24-25-20)23-18-3-1-2-10-22-18/h1-10H,11-15H2,(H,22,23,24). The quantitative estimate of drug-likeness (QED) is 0.624. The van der Waals surface area contributed by atoms with E-state index in [1.807, 2.05) is 35.2 Å². The lowest BCUT2D eigenvalue weighted by atomic mass is 10.2. The normalized spacial score (nSPS) is 15.2. The molecule has 1 fully saturated rings. The molecule has 1 saturated heterocycles. The molecule has 0 bridgehead atoms. The molecule has 3 heterocycles. The van der Waals surface area contributed by atoms with Crippen molar-refractivity contribution in [2.45, 2.75) is 5.75 Å². The average molecular weight is 445 g/mol. The van der Waals surface area contributed by atoms with Crippen molar-refractivity contribution in [1.29, 1.82) is 0 Å². The topological polar surface area (TPSA) is 91.3 Å². The number of nitrogens with zero attached hydrogens (tertiary/aromatic N) is 5. The van der Waals surface area contributed by atoms with E-state index in [9.17, 15) is 8.42 Å². The van der Waals surface area contributed by atoms with Gasteiger partial charge in [0, 0.05) is 37.4 Å². The zero-order chi connectivity index (χ0) is 21.0. The molecule has 0 saturated carbocycles. The minimum atomic E-state index is -3.39. The fourth-order valence-corrected chi connectivity index (χ4v) is 4.85. The first-order valence-corrected chi connectivity index (χ1v) is 11.5. The molecule has 8 nitrogen and oxygen atoms in total. The van der Waals surface area contributed by atoms with Gasteiger partial charge in [0.05, 0.1) is 5.75 Å². The second kappa shape index (κ2) is 8.95. The number of pyridine rings is 1. The number of benzene rings is 1. The fraction of sp³-hybridized carbons (Fsp3) is 0.250. The average Bonchev–Trinajstić information content (AvgIpc) is 2.77. The van der Waals surface area contributed by atoms with Gasteiger partial charge in [-0.15, -0.1) is 10.2 Å². The molecule has 0 atom stereocenters. The highest BCUT2D eigenvalue weighted by Crippen LogP contribution is 2.19. The zero-order valence-electron chi connectivity index (χ0n) is 16.1. The van der Waals surface area contributed by atoms with Gasteiger partial charge < -0.3 is 10.2 Å². The smallest absolute Gasteiger partial charge is 0.218 e. The van der Waals surface area contributed by atoms with Crippen LogP contribution in [-0.2, 0) is 15.8 Å². The van der Waals surface area contributed by atoms with Crippen LogP contribution in [0.1, 0.15) is 5.56 Å². The Labute approximate surface area is 180 Å². The minimum absolute atomic E-state index is 0.0299. The second-order valence-corrected chi connectivity index (χ2v) is 9.29. The van der Waals surface area contributed by atoms with Gasteiger partial charge in [-0.05, 0) is 42.0 Å². The van der Waals surface area contributed by atoms with E-state index >= 15 is 0 Å². The van der Waals surface area contributed by atoms with Gasteiger partial charge >= 0.3 is 0 Å². The summed E-state index contributed by atoms with van der Waals surface area (Å²) in [6, 6.07) is 16.2. The summed E-state index contributed by atoms with van der Waals surface area (Å²) in [5, 5.41) is 12.1. The second-order valence-electron chi connectivity index (χ2n) is 6.89. The predicted molar refractivity (Wildman–Crippen MR) is 117 cm³/mol. The Hall–Kier alpha value is -2.75. The summed E-state index contributed by atoms with van der Waals surface area (Å²) in [6.07, 6.45) is 1.70. The van der Waals surface area contributed by atoms with E-state index in [-0.39, 0.29) is 5.75 Å². The molecule has 1 aromatic carbocycles. The van der Waals surface area contributed by atoms with E-state index in [0.717, 1.165) is 11.4 Å². The Morgan fingerprint density at radius 3 is 2.30 bits per heavy atom. The molecule has 1 N–H and O–H groups in total. The van der Waals surface area contributed by atoms with Gasteiger partial charge in [-0.3, -0.25) is 0 Å². The lowest BCUT2D eigenvalue weighted by Gasteiger charge is -2.34. The van der Waals surface area contributed by atoms with E-state index in [2.05, 4.69) is 20.5 Å². The summed E-state index contributed by atoms with van der Waals surface area (Å²) in [4.78, 5) is 6.23. The van der Waals surface area contributed by atoms with Gasteiger partial charge in [-0.2, -0.15) is 4.31 Å². The molecule has 156 valence electrons. The van der Waals surface area contributed by atoms with Crippen molar-refractivity contribution in [2.24, 2.45) is 0 Å². The third kappa shape index (κ3) is 5.05. The Balaban J connectivity index is 1.34. The van der Waals surface area contributed by atoms with Crippen LogP contribution in [0.4, 0.5) is 17.5 Å². The molecule has 1 aliphatic rings. The maximum absolute atomic E-state index is 12.7. The first-order valence-electron chi connectivity index (χ1n) is 9.49. The van der Waals surface area contributed by atoms with Crippen LogP contribution in [0.15, 0.2) is 60.8 Å². The maximum Gasteiger partial charge on any atom is 0.218 e. The summed E-state index contributed by atoms with van der Waals surface area (Å²) >= 11 is 5.87. The third-order valence-electron chi connectivity index (χ3n) is 4.79. The molecule has 2 aromatic heterocycles. The van der Waals surface area contributed by atoms with Crippen LogP contribution in [0, 0.1) is 0 Å². The number of hydrogen-bond donors (Lipinski definition) is 1. The highest BCUT2D eigenvalue weighted by atomic mass is 35.5. The molecule has 0 radical (unpaired) electrons. The number of sulfonamides is 1. The summed E-state index contributed by atoms with van der Waals surface area (Å²) in [5.41, 5.74) is 0.726. The van der Waals surface area contributed by atoms with Crippen LogP contribution in [0.3, 0.4) is 0 Å². The molecule has 0 aliphatic carbocycles. The van der Waals surface area contributed by atoms with Crippen molar-refractivity contribution in [2.75, 3.05) is 36.4 Å². The van der Waals surface area contributed by atoms with Crippen LogP contribution in [0.2, 0.25) is 5.02 Å². The van der Waals surface area contributed by atoms with Crippen LogP contribution >= 0.6 is 11.6 Å². The van der Waals surface area contributed by atoms with Crippen molar-refractivity contribution >= 4 is 39.1 Å². The molecule has 0 spiro atoms. The number of rotatable bonds is 6. The van der Waals surface area contributed by atoms with Crippen LogP contribution in [0.25, 0.3) is 0 Å². The molecular weight excluding hydrogens is 424 g/mol. The van der Waals surface area contributed by atoms with Crippen LogP contribution in [-0.4, -0.2) is 54.1 Å². The van der Waals surface area contributed by atoms with Crippen molar-refractivity contribution < 1.29 is 8.42 Å². The molecule has 10 heteroatoms. The van der Waals surface area contributed by atoms with E-state index in [0.29, 0.717) is 42.8 Å². The largest absolute Gasteiger partial charge is 0.352 e. The molecule has 0 unspecified atom stereocenters. The predicted octanol–water partition coefficient (Wildman–Crippen LogP) is 2.92. The van der Waals surface area contributed by atoms with E-state index in [4.69, 9.17) is 11.6 Å². The summed E-state index contributed by atoms with van der Waals surface area (Å²) in [6.45, 7) is 1.93. The monoisotopic (exact) mass is 444 g/mol.